The Morgan fingerprint density at radius 1 is 1.36 bits per heavy atom. The molecule has 2 rings (SSSR count). The highest BCUT2D eigenvalue weighted by Crippen LogP contribution is 2.22. The Morgan fingerprint density at radius 3 is 3.07 bits per heavy atom. The molecule has 0 spiro atoms. The van der Waals surface area contributed by atoms with Crippen LogP contribution < -0.4 is 0 Å². The summed E-state index contributed by atoms with van der Waals surface area (Å²) in [4.78, 5) is 0. The SMILES string of the molecule is C=CCCCn1ccc2c1CCCC2. The second kappa shape index (κ2) is 4.50. The molecule has 0 radical (unpaired) electrons. The van der Waals surface area contributed by atoms with Crippen molar-refractivity contribution in [3.63, 3.8) is 0 Å². The van der Waals surface area contributed by atoms with Crippen molar-refractivity contribution in [2.24, 2.45) is 0 Å². The van der Waals surface area contributed by atoms with Gasteiger partial charge in [-0.2, -0.15) is 0 Å². The smallest absolute Gasteiger partial charge is 0.0225 e. The van der Waals surface area contributed by atoms with E-state index in [-0.39, 0.29) is 0 Å². The first kappa shape index (κ1) is 9.57. The van der Waals surface area contributed by atoms with E-state index in [4.69, 9.17) is 0 Å². The molecule has 1 aliphatic rings. The number of hydrogen-bond acceptors (Lipinski definition) is 0. The van der Waals surface area contributed by atoms with E-state index in [1.807, 2.05) is 6.08 Å². The highest BCUT2D eigenvalue weighted by atomic mass is 15.0. The monoisotopic (exact) mass is 189 g/mol. The summed E-state index contributed by atoms with van der Waals surface area (Å²) in [5.41, 5.74) is 3.19. The Morgan fingerprint density at radius 2 is 2.21 bits per heavy atom. The number of fused-ring (bicyclic) bond motifs is 1. The van der Waals surface area contributed by atoms with Crippen molar-refractivity contribution in [2.75, 3.05) is 0 Å². The predicted molar refractivity (Wildman–Crippen MR) is 60.5 cm³/mol. The van der Waals surface area contributed by atoms with Gasteiger partial charge in [0.05, 0.1) is 0 Å². The lowest BCUT2D eigenvalue weighted by atomic mass is 9.98. The zero-order chi connectivity index (χ0) is 9.80. The second-order valence-corrected chi connectivity index (χ2v) is 4.12. The lowest BCUT2D eigenvalue weighted by Crippen LogP contribution is -2.07. The number of hydrogen-bond donors (Lipinski definition) is 0. The summed E-state index contributed by atoms with van der Waals surface area (Å²) in [6, 6.07) is 2.31. The van der Waals surface area contributed by atoms with Gasteiger partial charge >= 0.3 is 0 Å². The molecule has 0 fully saturated rings. The number of aromatic nitrogens is 1. The number of unbranched alkanes of at least 4 members (excludes halogenated alkanes) is 1. The molecule has 76 valence electrons. The standard InChI is InChI=1S/C13H19N/c1-2-3-6-10-14-11-9-12-7-4-5-8-13(12)14/h2,9,11H,1,3-8,10H2. The van der Waals surface area contributed by atoms with E-state index >= 15 is 0 Å². The van der Waals surface area contributed by atoms with Crippen LogP contribution >= 0.6 is 0 Å². The zero-order valence-electron chi connectivity index (χ0n) is 8.84. The molecule has 0 aromatic carbocycles. The van der Waals surface area contributed by atoms with Crippen molar-refractivity contribution < 1.29 is 0 Å². The third-order valence-corrected chi connectivity index (χ3v) is 3.09. The maximum Gasteiger partial charge on any atom is 0.0225 e. The minimum absolute atomic E-state index is 1.13. The summed E-state index contributed by atoms with van der Waals surface area (Å²) in [6.07, 6.45) is 12.0. The minimum atomic E-state index is 1.13. The maximum absolute atomic E-state index is 3.76. The summed E-state index contributed by atoms with van der Waals surface area (Å²) < 4.78 is 2.44. The van der Waals surface area contributed by atoms with Crippen molar-refractivity contribution in [1.82, 2.24) is 4.57 Å². The van der Waals surface area contributed by atoms with Crippen LogP contribution in [-0.2, 0) is 19.4 Å². The van der Waals surface area contributed by atoms with Crippen molar-refractivity contribution >= 4 is 0 Å². The maximum atomic E-state index is 3.76. The number of aryl methyl sites for hydroxylation is 2. The van der Waals surface area contributed by atoms with Gasteiger partial charge in [0.1, 0.15) is 0 Å². The fourth-order valence-corrected chi connectivity index (χ4v) is 2.31. The van der Waals surface area contributed by atoms with Crippen molar-refractivity contribution in [3.05, 3.63) is 36.2 Å². The lowest BCUT2D eigenvalue weighted by molar-refractivity contribution is 0.585. The van der Waals surface area contributed by atoms with Gasteiger partial charge in [-0.15, -0.1) is 6.58 Å². The summed E-state index contributed by atoms with van der Waals surface area (Å²) in [6.45, 7) is 4.93. The Labute approximate surface area is 86.4 Å². The van der Waals surface area contributed by atoms with Gasteiger partial charge in [-0.3, -0.25) is 0 Å². The molecule has 1 aromatic heterocycles. The van der Waals surface area contributed by atoms with Gasteiger partial charge in [-0.1, -0.05) is 6.08 Å². The average molecular weight is 189 g/mol. The molecule has 1 heterocycles. The van der Waals surface area contributed by atoms with E-state index in [0.717, 1.165) is 6.42 Å². The third kappa shape index (κ3) is 1.92. The molecule has 14 heavy (non-hydrogen) atoms. The fourth-order valence-electron chi connectivity index (χ4n) is 2.31. The van der Waals surface area contributed by atoms with Crippen LogP contribution in [-0.4, -0.2) is 4.57 Å². The molecule has 0 aliphatic heterocycles. The fraction of sp³-hybridized carbons (Fsp3) is 0.538. The predicted octanol–water partition coefficient (Wildman–Crippen LogP) is 3.33. The van der Waals surface area contributed by atoms with E-state index in [1.54, 1.807) is 11.3 Å². The molecule has 0 saturated carbocycles. The van der Waals surface area contributed by atoms with E-state index < -0.39 is 0 Å². The number of rotatable bonds is 4. The van der Waals surface area contributed by atoms with E-state index in [2.05, 4.69) is 23.4 Å². The topological polar surface area (TPSA) is 4.93 Å². The van der Waals surface area contributed by atoms with Crippen LogP contribution in [0.15, 0.2) is 24.9 Å². The van der Waals surface area contributed by atoms with Crippen LogP contribution in [0.25, 0.3) is 0 Å². The lowest BCUT2D eigenvalue weighted by Gasteiger charge is -2.15. The molecule has 0 unspecified atom stereocenters. The van der Waals surface area contributed by atoms with E-state index in [9.17, 15) is 0 Å². The number of nitrogens with zero attached hydrogens (tertiary/aromatic N) is 1. The molecule has 0 bridgehead atoms. The molecule has 0 saturated heterocycles. The first-order valence-corrected chi connectivity index (χ1v) is 5.69. The van der Waals surface area contributed by atoms with Gasteiger partial charge < -0.3 is 4.57 Å². The Balaban J connectivity index is 2.02. The van der Waals surface area contributed by atoms with Crippen LogP contribution in [0.4, 0.5) is 0 Å². The van der Waals surface area contributed by atoms with Crippen molar-refractivity contribution in [3.8, 4) is 0 Å². The van der Waals surface area contributed by atoms with Gasteiger partial charge in [0.2, 0.25) is 0 Å². The molecule has 1 nitrogen and oxygen atoms in total. The van der Waals surface area contributed by atoms with Gasteiger partial charge in [0.15, 0.2) is 0 Å². The van der Waals surface area contributed by atoms with Crippen LogP contribution in [0.2, 0.25) is 0 Å². The minimum Gasteiger partial charge on any atom is -0.351 e. The summed E-state index contributed by atoms with van der Waals surface area (Å²) >= 11 is 0. The van der Waals surface area contributed by atoms with Crippen LogP contribution in [0.1, 0.15) is 36.9 Å². The van der Waals surface area contributed by atoms with Gasteiger partial charge in [-0.25, -0.2) is 0 Å². The summed E-state index contributed by atoms with van der Waals surface area (Å²) in [5, 5.41) is 0. The molecule has 0 amide bonds. The summed E-state index contributed by atoms with van der Waals surface area (Å²) in [5.74, 6) is 0. The Kier molecular flexibility index (Phi) is 3.07. The average Bonchev–Trinajstić information content (AvgIpc) is 2.63. The largest absolute Gasteiger partial charge is 0.351 e. The molecule has 1 heteroatoms. The molecule has 1 aromatic rings. The second-order valence-electron chi connectivity index (χ2n) is 4.12. The quantitative estimate of drug-likeness (QED) is 0.506. The van der Waals surface area contributed by atoms with Crippen LogP contribution in [0.3, 0.4) is 0 Å². The first-order valence-electron chi connectivity index (χ1n) is 5.69. The third-order valence-electron chi connectivity index (χ3n) is 3.09. The van der Waals surface area contributed by atoms with Crippen molar-refractivity contribution in [1.29, 1.82) is 0 Å². The van der Waals surface area contributed by atoms with Gasteiger partial charge in [-0.05, 0) is 50.2 Å². The van der Waals surface area contributed by atoms with Crippen LogP contribution in [0, 0.1) is 0 Å². The zero-order valence-corrected chi connectivity index (χ0v) is 8.84. The number of allylic oxidation sites excluding steroid dienone is 1. The van der Waals surface area contributed by atoms with E-state index in [1.165, 1.54) is 38.6 Å². The van der Waals surface area contributed by atoms with E-state index in [0.29, 0.717) is 0 Å². The molecular formula is C13H19N. The highest BCUT2D eigenvalue weighted by molar-refractivity contribution is 5.24. The molecule has 0 N–H and O–H groups in total. The highest BCUT2D eigenvalue weighted by Gasteiger charge is 2.12. The van der Waals surface area contributed by atoms with Crippen LogP contribution in [0.5, 0.6) is 0 Å². The summed E-state index contributed by atoms with van der Waals surface area (Å²) in [7, 11) is 0. The Bertz CT molecular complexity index is 309. The molecule has 1 aliphatic carbocycles. The van der Waals surface area contributed by atoms with Gasteiger partial charge in [0.25, 0.3) is 0 Å². The molecular weight excluding hydrogens is 170 g/mol. The van der Waals surface area contributed by atoms with Gasteiger partial charge in [0, 0.05) is 18.4 Å². The first-order chi connectivity index (χ1) is 6.92. The Hall–Kier alpha value is -0.980. The van der Waals surface area contributed by atoms with Crippen molar-refractivity contribution in [2.45, 2.75) is 45.1 Å². The normalized spacial score (nSPS) is 15.1. The molecule has 0 atom stereocenters.